The predicted molar refractivity (Wildman–Crippen MR) is 274 cm³/mol. The molecule has 69 heavy (non-hydrogen) atoms. The van der Waals surface area contributed by atoms with E-state index in [4.69, 9.17) is 5.73 Å². The molecule has 21 heteroatoms. The van der Waals surface area contributed by atoms with Gasteiger partial charge >= 0.3 is 0 Å². The fraction of sp³-hybridized carbons (Fsp3) is 0.354. The summed E-state index contributed by atoms with van der Waals surface area (Å²) in [5.41, 5.74) is 14.9. The smallest absolute Gasteiger partial charge is 0.232 e. The van der Waals surface area contributed by atoms with Crippen LogP contribution in [0.2, 0.25) is 0 Å². The number of H-pyrrole nitrogens is 2. The van der Waals surface area contributed by atoms with Crippen LogP contribution in [0.4, 0.5) is 17.1 Å². The van der Waals surface area contributed by atoms with Crippen LogP contribution in [0.15, 0.2) is 115 Å². The Morgan fingerprint density at radius 3 is 2.06 bits per heavy atom. The number of nitrogens with one attached hydrogen (secondary N) is 6. The molecule has 6 aromatic rings. The van der Waals surface area contributed by atoms with Crippen molar-refractivity contribution in [2.24, 2.45) is 10.7 Å². The number of nitrogens with two attached hydrogens (primary N) is 1. The molecule has 0 fully saturated rings. The number of fused-ring (bicyclic) bond motifs is 1. The summed E-state index contributed by atoms with van der Waals surface area (Å²) >= 11 is 0. The summed E-state index contributed by atoms with van der Waals surface area (Å²) in [6, 6.07) is 25.6. The quantitative estimate of drug-likeness (QED) is 0.0529. The third-order valence-electron chi connectivity index (χ3n) is 11.1. The van der Waals surface area contributed by atoms with Crippen LogP contribution in [0.1, 0.15) is 90.4 Å². The van der Waals surface area contributed by atoms with Gasteiger partial charge in [0, 0.05) is 60.8 Å². The first-order valence-corrected chi connectivity index (χ1v) is 27.7. The lowest BCUT2D eigenvalue weighted by atomic mass is 9.81. The summed E-state index contributed by atoms with van der Waals surface area (Å²) in [7, 11) is -9.89. The summed E-state index contributed by atoms with van der Waals surface area (Å²) < 4.78 is 76.8. The van der Waals surface area contributed by atoms with E-state index in [0.29, 0.717) is 29.9 Å². The van der Waals surface area contributed by atoms with Crippen molar-refractivity contribution in [1.29, 1.82) is 0 Å². The zero-order valence-electron chi connectivity index (χ0n) is 39.5. The van der Waals surface area contributed by atoms with E-state index in [1.165, 1.54) is 0 Å². The molecule has 2 aliphatic rings. The highest BCUT2D eigenvalue weighted by Gasteiger charge is 2.29. The van der Waals surface area contributed by atoms with Gasteiger partial charge in [0.15, 0.2) is 0 Å². The highest BCUT2D eigenvalue weighted by atomic mass is 32.2. The van der Waals surface area contributed by atoms with E-state index in [1.54, 1.807) is 64.0 Å². The molecule has 4 aromatic carbocycles. The van der Waals surface area contributed by atoms with Crippen molar-refractivity contribution in [3.05, 3.63) is 155 Å². The average Bonchev–Trinajstić information content (AvgIpc) is 4.15. The standard InChI is InChI=1S/C14H19N3O3S.C13H17N3O2S.C12H15N3O2S.C9H13NO/c1-21(19,20)17-13-10-3-2-4-11(14-15-7-8-16-14)9(10)5-6-12(13)18;1-3-19(17,18)16-13-6-4-5-11(10(13)2)7-12-8-14-9-15-12;1-2-18(16,17)15-11-5-3-4-10(6-11)7-12-8-13-9-14-12;1-7(10)9(11)8-5-3-2-4-6-8/h5-6,11,17-18H,2-4,7-8H2,1H3,(H,15,16);4-6,8-9,16H,3,7H2,1-2H3,(H,14,15);3-6,8-9,15H,2,7H2,1H3,(H,13,14);2-7,9,11H,10H2,1H3/t;;;7-,9+/m...1/s1. The van der Waals surface area contributed by atoms with E-state index >= 15 is 0 Å². The topological polar surface area (TPSA) is 287 Å². The number of aliphatic hydroxyl groups excluding tert-OH is 1. The zero-order chi connectivity index (χ0) is 50.2. The number of amidine groups is 1. The summed E-state index contributed by atoms with van der Waals surface area (Å²) in [5, 5.41) is 22.8. The molecule has 0 amide bonds. The van der Waals surface area contributed by atoms with Gasteiger partial charge in [-0.25, -0.2) is 35.2 Å². The van der Waals surface area contributed by atoms with Crippen molar-refractivity contribution in [1.82, 2.24) is 25.3 Å². The molecule has 2 aromatic heterocycles. The van der Waals surface area contributed by atoms with Gasteiger partial charge in [0.25, 0.3) is 0 Å². The van der Waals surface area contributed by atoms with Crippen LogP contribution < -0.4 is 25.2 Å². The molecule has 0 saturated heterocycles. The summed E-state index contributed by atoms with van der Waals surface area (Å²) in [5.74, 6) is 1.25. The highest BCUT2D eigenvalue weighted by Crippen LogP contribution is 2.41. The van der Waals surface area contributed by atoms with Crippen LogP contribution in [-0.4, -0.2) is 98.1 Å². The second-order valence-electron chi connectivity index (χ2n) is 16.6. The maximum absolute atomic E-state index is 11.6. The SMILES string of the molecule is CCS(=O)(=O)Nc1cccc(Cc2cnc[nH]2)c1.CCS(=O)(=O)Nc1cccc(Cc2cnc[nH]2)c1C.CS(=O)(=O)Nc1c(O)ccc2c1CCCC2C1=NCCN1.C[C@@H](N)[C@H](O)c1ccccc1. The monoisotopic (exact) mass is 1000 g/mol. The lowest BCUT2D eigenvalue weighted by Gasteiger charge is -2.28. The number of aromatic hydroxyl groups is 1. The molecular weight excluding hydrogens is 941 g/mol. The Bertz CT molecular complexity index is 2930. The van der Waals surface area contributed by atoms with Crippen molar-refractivity contribution >= 4 is 53.0 Å². The average molecular weight is 1010 g/mol. The van der Waals surface area contributed by atoms with Gasteiger partial charge < -0.3 is 31.2 Å². The number of sulfonamides is 3. The Balaban J connectivity index is 0.000000175. The molecule has 372 valence electrons. The van der Waals surface area contributed by atoms with Crippen molar-refractivity contribution in [2.75, 3.05) is 45.0 Å². The van der Waals surface area contributed by atoms with Crippen LogP contribution in [-0.2, 0) is 49.3 Å². The fourth-order valence-electron chi connectivity index (χ4n) is 7.48. The molecule has 0 radical (unpaired) electrons. The van der Waals surface area contributed by atoms with Gasteiger partial charge in [-0.2, -0.15) is 0 Å². The number of anilines is 3. The second kappa shape index (κ2) is 24.9. The summed E-state index contributed by atoms with van der Waals surface area (Å²) in [6.07, 6.45) is 11.4. The molecule has 1 unspecified atom stereocenters. The zero-order valence-corrected chi connectivity index (χ0v) is 41.9. The summed E-state index contributed by atoms with van der Waals surface area (Å²) in [4.78, 5) is 18.5. The minimum Gasteiger partial charge on any atom is -0.506 e. The van der Waals surface area contributed by atoms with E-state index in [2.05, 4.69) is 44.4 Å². The van der Waals surface area contributed by atoms with E-state index in [0.717, 1.165) is 89.2 Å². The third-order valence-corrected chi connectivity index (χ3v) is 14.3. The fourth-order valence-corrected chi connectivity index (χ4v) is 9.41. The Hall–Kier alpha value is -6.26. The number of phenolic OH excluding ortho intramolecular Hbond substituents is 1. The first-order valence-electron chi connectivity index (χ1n) is 22.5. The van der Waals surface area contributed by atoms with E-state index < -0.39 is 36.2 Å². The van der Waals surface area contributed by atoms with E-state index in [9.17, 15) is 35.5 Å². The minimum absolute atomic E-state index is 0.0267. The number of benzene rings is 4. The molecular formula is C48H64N10O8S3. The summed E-state index contributed by atoms with van der Waals surface area (Å²) in [6.45, 7) is 8.57. The Kier molecular flexibility index (Phi) is 19.3. The maximum atomic E-state index is 11.6. The van der Waals surface area contributed by atoms with Gasteiger partial charge in [-0.15, -0.1) is 0 Å². The van der Waals surface area contributed by atoms with Crippen LogP contribution >= 0.6 is 0 Å². The van der Waals surface area contributed by atoms with Gasteiger partial charge in [-0.05, 0) is 105 Å². The van der Waals surface area contributed by atoms with Crippen LogP contribution in [0.3, 0.4) is 0 Å². The van der Waals surface area contributed by atoms with Crippen LogP contribution in [0, 0.1) is 6.92 Å². The number of imidazole rings is 2. The van der Waals surface area contributed by atoms with Crippen LogP contribution in [0.5, 0.6) is 5.75 Å². The lowest BCUT2D eigenvalue weighted by Crippen LogP contribution is -2.28. The van der Waals surface area contributed by atoms with Crippen molar-refractivity contribution < 1.29 is 35.5 Å². The normalized spacial score (nSPS) is 15.2. The Labute approximate surface area is 405 Å². The molecule has 10 N–H and O–H groups in total. The van der Waals surface area contributed by atoms with E-state index in [-0.39, 0.29) is 29.2 Å². The molecule has 3 atom stereocenters. The largest absolute Gasteiger partial charge is 0.506 e. The Morgan fingerprint density at radius 2 is 1.46 bits per heavy atom. The minimum atomic E-state index is -3.43. The number of aliphatic imine (C=N–C) groups is 1. The van der Waals surface area contributed by atoms with Gasteiger partial charge in [-0.3, -0.25) is 19.2 Å². The molecule has 18 nitrogen and oxygen atoms in total. The molecule has 0 bridgehead atoms. The van der Waals surface area contributed by atoms with Crippen LogP contribution in [0.25, 0.3) is 0 Å². The van der Waals surface area contributed by atoms with Gasteiger partial charge in [0.2, 0.25) is 30.1 Å². The first-order chi connectivity index (χ1) is 32.8. The first kappa shape index (κ1) is 53.7. The molecule has 1 aliphatic carbocycles. The number of hydrogen-bond acceptors (Lipinski definition) is 13. The number of hydrogen-bond donors (Lipinski definition) is 9. The van der Waals surface area contributed by atoms with Crippen molar-refractivity contribution in [3.63, 3.8) is 0 Å². The van der Waals surface area contributed by atoms with Gasteiger partial charge in [0.1, 0.15) is 11.6 Å². The second-order valence-corrected chi connectivity index (χ2v) is 22.3. The number of aromatic nitrogens is 4. The van der Waals surface area contributed by atoms with Crippen molar-refractivity contribution in [2.45, 2.75) is 77.9 Å². The number of phenols is 1. The lowest BCUT2D eigenvalue weighted by molar-refractivity contribution is 0.153. The maximum Gasteiger partial charge on any atom is 0.232 e. The number of nitrogens with zero attached hydrogens (tertiary/aromatic N) is 3. The molecule has 3 heterocycles. The number of aromatic amines is 2. The molecule has 0 saturated carbocycles. The van der Waals surface area contributed by atoms with E-state index in [1.807, 2.05) is 73.7 Å². The van der Waals surface area contributed by atoms with Crippen molar-refractivity contribution in [3.8, 4) is 5.75 Å². The number of aliphatic hydroxyl groups is 1. The van der Waals surface area contributed by atoms with Gasteiger partial charge in [0.05, 0.1) is 54.4 Å². The molecule has 1 aliphatic heterocycles. The predicted octanol–water partition coefficient (Wildman–Crippen LogP) is 6.09. The Morgan fingerprint density at radius 1 is 0.812 bits per heavy atom. The highest BCUT2D eigenvalue weighted by molar-refractivity contribution is 7.93. The molecule has 0 spiro atoms. The molecule has 8 rings (SSSR count). The third kappa shape index (κ3) is 16.7. The number of rotatable bonds is 15. The van der Waals surface area contributed by atoms with Gasteiger partial charge in [-0.1, -0.05) is 60.7 Å².